The zero-order valence-corrected chi connectivity index (χ0v) is 44.1. The lowest BCUT2D eigenvalue weighted by molar-refractivity contribution is -0.167. The monoisotopic (exact) mass is 905 g/mol. The van der Waals surface area contributed by atoms with Gasteiger partial charge in [0.05, 0.1) is 0 Å². The largest absolute Gasteiger partial charge is 0.462 e. The number of unbranched alkanes of at least 4 members (excludes halogenated alkanes) is 33. The molecule has 0 saturated heterocycles. The fourth-order valence-electron chi connectivity index (χ4n) is 8.79. The molecular weight excluding hydrogens is 793 g/mol. The van der Waals surface area contributed by atoms with Crippen LogP contribution in [-0.2, 0) is 28.6 Å². The lowest BCUT2D eigenvalue weighted by Gasteiger charge is -2.18. The molecule has 0 aromatic heterocycles. The molecule has 380 valence electrons. The third-order valence-electron chi connectivity index (χ3n) is 13.5. The van der Waals surface area contributed by atoms with Crippen molar-refractivity contribution in [3.05, 3.63) is 0 Å². The molecule has 0 aliphatic carbocycles. The van der Waals surface area contributed by atoms with E-state index in [1.165, 1.54) is 199 Å². The second kappa shape index (κ2) is 49.3. The predicted octanol–water partition coefficient (Wildman–Crippen LogP) is 18.7. The number of hydrogen-bond donors (Lipinski definition) is 0. The molecule has 0 aliphatic heterocycles. The molecule has 1 unspecified atom stereocenters. The van der Waals surface area contributed by atoms with Gasteiger partial charge in [0.1, 0.15) is 13.2 Å². The topological polar surface area (TPSA) is 78.9 Å². The van der Waals surface area contributed by atoms with Crippen molar-refractivity contribution in [1.29, 1.82) is 0 Å². The Hall–Kier alpha value is -1.59. The zero-order valence-electron chi connectivity index (χ0n) is 44.1. The number of carbonyl (C=O) groups is 3. The summed E-state index contributed by atoms with van der Waals surface area (Å²) in [4.78, 5) is 38.1. The lowest BCUT2D eigenvalue weighted by Crippen LogP contribution is -2.30. The van der Waals surface area contributed by atoms with Gasteiger partial charge < -0.3 is 14.2 Å². The van der Waals surface area contributed by atoms with Gasteiger partial charge in [-0.2, -0.15) is 0 Å². The number of ether oxygens (including phenoxy) is 3. The quantitative estimate of drug-likeness (QED) is 0.0344. The summed E-state index contributed by atoms with van der Waals surface area (Å²) >= 11 is 0. The van der Waals surface area contributed by atoms with Crippen LogP contribution in [-0.4, -0.2) is 37.2 Å². The van der Waals surface area contributed by atoms with Crippen LogP contribution >= 0.6 is 0 Å². The van der Waals surface area contributed by atoms with Gasteiger partial charge in [-0.05, 0) is 37.0 Å². The van der Waals surface area contributed by atoms with Crippen LogP contribution in [0.5, 0.6) is 0 Å². The highest BCUT2D eigenvalue weighted by atomic mass is 16.6. The number of carbonyl (C=O) groups excluding carboxylic acids is 3. The molecule has 2 atom stereocenters. The molecule has 6 heteroatoms. The minimum Gasteiger partial charge on any atom is -0.462 e. The molecule has 0 bridgehead atoms. The van der Waals surface area contributed by atoms with E-state index in [1.807, 2.05) is 0 Å². The van der Waals surface area contributed by atoms with Gasteiger partial charge in [0.2, 0.25) is 0 Å². The van der Waals surface area contributed by atoms with Crippen LogP contribution in [0, 0.1) is 17.8 Å². The molecule has 0 fully saturated rings. The molecule has 0 aromatic rings. The predicted molar refractivity (Wildman–Crippen MR) is 275 cm³/mol. The first-order chi connectivity index (χ1) is 31.1. The van der Waals surface area contributed by atoms with Crippen molar-refractivity contribution < 1.29 is 28.6 Å². The number of esters is 3. The van der Waals surface area contributed by atoms with Crippen LogP contribution < -0.4 is 0 Å². The van der Waals surface area contributed by atoms with Crippen molar-refractivity contribution in [2.45, 2.75) is 324 Å². The van der Waals surface area contributed by atoms with Crippen LogP contribution in [0.15, 0.2) is 0 Å². The Bertz CT molecular complexity index is 993. The zero-order chi connectivity index (χ0) is 47.0. The van der Waals surface area contributed by atoms with Crippen molar-refractivity contribution in [2.24, 2.45) is 17.8 Å². The van der Waals surface area contributed by atoms with Crippen molar-refractivity contribution in [1.82, 2.24) is 0 Å². The molecule has 0 saturated carbocycles. The average molecular weight is 906 g/mol. The Balaban J connectivity index is 4.25. The molecule has 6 nitrogen and oxygen atoms in total. The van der Waals surface area contributed by atoms with E-state index in [0.29, 0.717) is 19.3 Å². The minimum absolute atomic E-state index is 0.0643. The molecule has 64 heavy (non-hydrogen) atoms. The van der Waals surface area contributed by atoms with Crippen molar-refractivity contribution in [2.75, 3.05) is 13.2 Å². The summed E-state index contributed by atoms with van der Waals surface area (Å²) in [6.45, 7) is 13.8. The third-order valence-corrected chi connectivity index (χ3v) is 13.5. The Morgan fingerprint density at radius 2 is 0.547 bits per heavy atom. The summed E-state index contributed by atoms with van der Waals surface area (Å²) in [5.74, 6) is 1.68. The fraction of sp³-hybridized carbons (Fsp3) is 0.948. The highest BCUT2D eigenvalue weighted by Gasteiger charge is 2.19. The SMILES string of the molecule is CCC(C)CCCCCCCCCCCCC(=O)OC[C@@H](COC(=O)CCCCCCCCCCC(C)C)OC(=O)CCCCCCCCCCCCCCCCCCCCC(C)C. The molecular formula is C58H112O6. The lowest BCUT2D eigenvalue weighted by atomic mass is 9.99. The van der Waals surface area contributed by atoms with E-state index in [-0.39, 0.29) is 31.1 Å². The summed E-state index contributed by atoms with van der Waals surface area (Å²) in [6, 6.07) is 0. The van der Waals surface area contributed by atoms with Gasteiger partial charge >= 0.3 is 17.9 Å². The molecule has 0 N–H and O–H groups in total. The molecule has 0 radical (unpaired) electrons. The molecule has 0 aromatic carbocycles. The van der Waals surface area contributed by atoms with E-state index >= 15 is 0 Å². The smallest absolute Gasteiger partial charge is 0.306 e. The van der Waals surface area contributed by atoms with E-state index in [0.717, 1.165) is 75.5 Å². The Labute approximate surface area is 399 Å². The summed E-state index contributed by atoms with van der Waals surface area (Å²) in [6.07, 6.45) is 51.0. The van der Waals surface area contributed by atoms with Gasteiger partial charge in [-0.1, -0.05) is 279 Å². The van der Waals surface area contributed by atoms with Gasteiger partial charge in [-0.25, -0.2) is 0 Å². The Morgan fingerprint density at radius 1 is 0.312 bits per heavy atom. The van der Waals surface area contributed by atoms with E-state index < -0.39 is 6.10 Å². The van der Waals surface area contributed by atoms with Gasteiger partial charge in [0, 0.05) is 19.3 Å². The average Bonchev–Trinajstić information content (AvgIpc) is 3.27. The second-order valence-corrected chi connectivity index (χ2v) is 21.1. The second-order valence-electron chi connectivity index (χ2n) is 21.1. The molecule has 0 rings (SSSR count). The van der Waals surface area contributed by atoms with E-state index in [2.05, 4.69) is 41.5 Å². The highest BCUT2D eigenvalue weighted by molar-refractivity contribution is 5.71. The highest BCUT2D eigenvalue weighted by Crippen LogP contribution is 2.19. The first kappa shape index (κ1) is 62.4. The van der Waals surface area contributed by atoms with Crippen LogP contribution in [0.25, 0.3) is 0 Å². The number of rotatable bonds is 51. The van der Waals surface area contributed by atoms with Crippen molar-refractivity contribution >= 4 is 17.9 Å². The molecule has 0 amide bonds. The van der Waals surface area contributed by atoms with Crippen molar-refractivity contribution in [3.8, 4) is 0 Å². The summed E-state index contributed by atoms with van der Waals surface area (Å²) in [5, 5.41) is 0. The minimum atomic E-state index is -0.764. The van der Waals surface area contributed by atoms with E-state index in [1.54, 1.807) is 0 Å². The summed E-state index contributed by atoms with van der Waals surface area (Å²) in [5.41, 5.74) is 0. The van der Waals surface area contributed by atoms with Gasteiger partial charge in [-0.15, -0.1) is 0 Å². The number of hydrogen-bond acceptors (Lipinski definition) is 6. The van der Waals surface area contributed by atoms with Crippen LogP contribution in [0.1, 0.15) is 318 Å². The maximum absolute atomic E-state index is 12.8. The Morgan fingerprint density at radius 3 is 0.812 bits per heavy atom. The van der Waals surface area contributed by atoms with E-state index in [4.69, 9.17) is 14.2 Å². The maximum Gasteiger partial charge on any atom is 0.306 e. The normalized spacial score (nSPS) is 12.6. The van der Waals surface area contributed by atoms with Gasteiger partial charge in [0.15, 0.2) is 6.10 Å². The van der Waals surface area contributed by atoms with E-state index in [9.17, 15) is 14.4 Å². The first-order valence-electron chi connectivity index (χ1n) is 28.6. The van der Waals surface area contributed by atoms with Crippen molar-refractivity contribution in [3.63, 3.8) is 0 Å². The molecule has 0 aliphatic rings. The summed E-state index contributed by atoms with van der Waals surface area (Å²) in [7, 11) is 0. The van der Waals surface area contributed by atoms with Crippen LogP contribution in [0.2, 0.25) is 0 Å². The fourth-order valence-corrected chi connectivity index (χ4v) is 8.79. The van der Waals surface area contributed by atoms with Crippen LogP contribution in [0.3, 0.4) is 0 Å². The first-order valence-corrected chi connectivity index (χ1v) is 28.6. The van der Waals surface area contributed by atoms with Crippen LogP contribution in [0.4, 0.5) is 0 Å². The standard InChI is InChI=1S/C58H112O6/c1-7-54(6)46-40-34-28-21-18-19-22-29-35-41-47-56(59)62-50-55(51-63-57(60)48-42-36-30-25-24-27-33-39-45-53(4)5)64-58(61)49-43-37-31-23-17-15-13-11-9-8-10-12-14-16-20-26-32-38-44-52(2)3/h52-55H,7-51H2,1-6H3/t54?,55-/m0/s1. The molecule has 0 heterocycles. The molecule has 0 spiro atoms. The Kier molecular flexibility index (Phi) is 48.1. The maximum atomic E-state index is 12.8. The van der Waals surface area contributed by atoms with Gasteiger partial charge in [-0.3, -0.25) is 14.4 Å². The third kappa shape index (κ3) is 49.8. The summed E-state index contributed by atoms with van der Waals surface area (Å²) < 4.78 is 16.9. The van der Waals surface area contributed by atoms with Gasteiger partial charge in [0.25, 0.3) is 0 Å².